The smallest absolute Gasteiger partial charge is 0.339 e. The van der Waals surface area contributed by atoms with E-state index in [4.69, 9.17) is 9.47 Å². The number of H-pyrrole nitrogens is 1. The van der Waals surface area contributed by atoms with Gasteiger partial charge in [0.2, 0.25) is 0 Å². The number of carboxylic acids is 1. The van der Waals surface area contributed by atoms with Crippen molar-refractivity contribution >= 4 is 22.8 Å². The van der Waals surface area contributed by atoms with Gasteiger partial charge in [0.1, 0.15) is 11.4 Å². The summed E-state index contributed by atoms with van der Waals surface area (Å²) in [5.74, 6) is -1.66. The molecule has 0 aliphatic heterocycles. The number of carboxylic acid groups (broad SMARTS) is 1. The highest BCUT2D eigenvalue weighted by Crippen LogP contribution is 2.31. The minimum atomic E-state index is -1.19. The lowest BCUT2D eigenvalue weighted by Gasteiger charge is -2.23. The SMILES string of the molecule is COc1cccc(C(=O)O)c1OCC(=O)N(CCc1c[nH]c2ccccc12)Cc1ccc(F)cc1. The molecule has 0 saturated heterocycles. The summed E-state index contributed by atoms with van der Waals surface area (Å²) in [5.41, 5.74) is 2.75. The molecule has 0 aliphatic carbocycles. The summed E-state index contributed by atoms with van der Waals surface area (Å²) in [6.07, 6.45) is 2.52. The van der Waals surface area contributed by atoms with Crippen molar-refractivity contribution in [3.8, 4) is 11.5 Å². The van der Waals surface area contributed by atoms with E-state index >= 15 is 0 Å². The first kappa shape index (κ1) is 23.8. The molecule has 0 spiro atoms. The second kappa shape index (κ2) is 10.7. The molecule has 7 nitrogen and oxygen atoms in total. The number of carbonyl (C=O) groups excluding carboxylic acids is 1. The number of hydrogen-bond donors (Lipinski definition) is 2. The summed E-state index contributed by atoms with van der Waals surface area (Å²) in [5, 5.41) is 10.6. The summed E-state index contributed by atoms with van der Waals surface area (Å²) >= 11 is 0. The molecular formula is C27H25FN2O5. The number of nitrogens with one attached hydrogen (secondary N) is 1. The molecule has 0 atom stereocenters. The Kier molecular flexibility index (Phi) is 7.30. The topological polar surface area (TPSA) is 91.9 Å². The number of ether oxygens (including phenoxy) is 2. The van der Waals surface area contributed by atoms with E-state index in [9.17, 15) is 19.1 Å². The van der Waals surface area contributed by atoms with E-state index in [1.54, 1.807) is 29.2 Å². The molecule has 0 aliphatic rings. The first-order valence-corrected chi connectivity index (χ1v) is 11.1. The zero-order valence-corrected chi connectivity index (χ0v) is 19.2. The number of benzene rings is 3. The fourth-order valence-electron chi connectivity index (χ4n) is 3.92. The van der Waals surface area contributed by atoms with Crippen LogP contribution >= 0.6 is 0 Å². The molecule has 0 saturated carbocycles. The summed E-state index contributed by atoms with van der Waals surface area (Å²) in [7, 11) is 1.40. The van der Waals surface area contributed by atoms with Crippen molar-refractivity contribution in [3.63, 3.8) is 0 Å². The van der Waals surface area contributed by atoms with Crippen molar-refractivity contribution in [3.05, 3.63) is 95.4 Å². The standard InChI is InChI=1S/C27H25FN2O5/c1-34-24-8-4-6-22(27(32)33)26(24)35-17-25(31)30(16-18-9-11-20(28)12-10-18)14-13-19-15-29-23-7-3-2-5-21(19)23/h2-12,15,29H,13-14,16-17H2,1H3,(H,32,33). The van der Waals surface area contributed by atoms with Crippen molar-refractivity contribution < 1.29 is 28.6 Å². The maximum Gasteiger partial charge on any atom is 0.339 e. The number of aromatic amines is 1. The number of rotatable bonds is 10. The van der Waals surface area contributed by atoms with Gasteiger partial charge in [-0.15, -0.1) is 0 Å². The van der Waals surface area contributed by atoms with Crippen LogP contribution in [0.5, 0.6) is 11.5 Å². The van der Waals surface area contributed by atoms with Crippen LogP contribution in [0.25, 0.3) is 10.9 Å². The summed E-state index contributed by atoms with van der Waals surface area (Å²) < 4.78 is 24.3. The highest BCUT2D eigenvalue weighted by molar-refractivity contribution is 5.92. The van der Waals surface area contributed by atoms with Crippen LogP contribution in [-0.4, -0.2) is 47.1 Å². The van der Waals surface area contributed by atoms with Gasteiger partial charge < -0.3 is 24.5 Å². The normalized spacial score (nSPS) is 10.8. The van der Waals surface area contributed by atoms with E-state index in [1.807, 2.05) is 30.5 Å². The van der Waals surface area contributed by atoms with E-state index in [-0.39, 0.29) is 41.9 Å². The van der Waals surface area contributed by atoms with Gasteiger partial charge in [0, 0.05) is 30.2 Å². The number of amides is 1. The molecule has 0 fully saturated rings. The molecule has 3 aromatic carbocycles. The van der Waals surface area contributed by atoms with Gasteiger partial charge in [-0.3, -0.25) is 4.79 Å². The van der Waals surface area contributed by atoms with Gasteiger partial charge >= 0.3 is 5.97 Å². The molecule has 2 N–H and O–H groups in total. The molecule has 1 aromatic heterocycles. The number of hydrogen-bond acceptors (Lipinski definition) is 4. The number of aromatic nitrogens is 1. The van der Waals surface area contributed by atoms with Crippen LogP contribution in [0, 0.1) is 5.82 Å². The average molecular weight is 477 g/mol. The summed E-state index contributed by atoms with van der Waals surface area (Å²) in [6, 6.07) is 18.4. The number of nitrogens with zero attached hydrogens (tertiary/aromatic N) is 1. The van der Waals surface area contributed by atoms with Crippen LogP contribution < -0.4 is 9.47 Å². The maximum atomic E-state index is 13.4. The number of aromatic carboxylic acids is 1. The Bertz CT molecular complexity index is 1330. The van der Waals surface area contributed by atoms with Crippen molar-refractivity contribution in [2.45, 2.75) is 13.0 Å². The quantitative estimate of drug-likeness (QED) is 0.347. The Morgan fingerprint density at radius 1 is 1.03 bits per heavy atom. The highest BCUT2D eigenvalue weighted by Gasteiger charge is 2.20. The fourth-order valence-corrected chi connectivity index (χ4v) is 3.92. The Morgan fingerprint density at radius 2 is 1.80 bits per heavy atom. The Hall–Kier alpha value is -4.33. The monoisotopic (exact) mass is 476 g/mol. The van der Waals surface area contributed by atoms with Gasteiger partial charge in [-0.05, 0) is 47.9 Å². The molecule has 4 aromatic rings. The molecule has 35 heavy (non-hydrogen) atoms. The summed E-state index contributed by atoms with van der Waals surface area (Å²) in [6.45, 7) is 0.261. The van der Waals surface area contributed by atoms with Crippen LogP contribution in [0.15, 0.2) is 72.9 Å². The second-order valence-electron chi connectivity index (χ2n) is 7.98. The first-order chi connectivity index (χ1) is 17.0. The van der Waals surface area contributed by atoms with Crippen molar-refractivity contribution in [2.24, 2.45) is 0 Å². The second-order valence-corrected chi connectivity index (χ2v) is 7.98. The third kappa shape index (κ3) is 5.60. The van der Waals surface area contributed by atoms with Crippen molar-refractivity contribution in [1.29, 1.82) is 0 Å². The van der Waals surface area contributed by atoms with E-state index < -0.39 is 5.97 Å². The van der Waals surface area contributed by atoms with Crippen LogP contribution in [0.1, 0.15) is 21.5 Å². The Balaban J connectivity index is 1.53. The lowest BCUT2D eigenvalue weighted by molar-refractivity contribution is -0.134. The largest absolute Gasteiger partial charge is 0.493 e. The fraction of sp³-hybridized carbons (Fsp3) is 0.185. The molecule has 0 radical (unpaired) electrons. The summed E-state index contributed by atoms with van der Waals surface area (Å²) in [4.78, 5) is 29.7. The van der Waals surface area contributed by atoms with Gasteiger partial charge in [0.25, 0.3) is 5.91 Å². The Labute approximate surface area is 201 Å². The number of methoxy groups -OCH3 is 1. The number of carbonyl (C=O) groups is 2. The van der Waals surface area contributed by atoms with E-state index in [1.165, 1.54) is 25.3 Å². The number of para-hydroxylation sites is 2. The molecule has 1 amide bonds. The van der Waals surface area contributed by atoms with Crippen LogP contribution in [0.4, 0.5) is 4.39 Å². The highest BCUT2D eigenvalue weighted by atomic mass is 19.1. The minimum absolute atomic E-state index is 0.00536. The minimum Gasteiger partial charge on any atom is -0.493 e. The Morgan fingerprint density at radius 3 is 2.54 bits per heavy atom. The molecule has 1 heterocycles. The third-order valence-corrected chi connectivity index (χ3v) is 5.73. The zero-order chi connectivity index (χ0) is 24.8. The molecule has 8 heteroatoms. The van der Waals surface area contributed by atoms with Gasteiger partial charge in [0.15, 0.2) is 18.1 Å². The predicted octanol–water partition coefficient (Wildman–Crippen LogP) is 4.66. The van der Waals surface area contributed by atoms with Crippen LogP contribution in [0.3, 0.4) is 0 Å². The van der Waals surface area contributed by atoms with Crippen molar-refractivity contribution in [2.75, 3.05) is 20.3 Å². The molecule has 180 valence electrons. The number of halogens is 1. The maximum absolute atomic E-state index is 13.4. The van der Waals surface area contributed by atoms with E-state index in [0.29, 0.717) is 13.0 Å². The molecule has 0 unspecified atom stereocenters. The lowest BCUT2D eigenvalue weighted by Crippen LogP contribution is -2.36. The van der Waals surface area contributed by atoms with Crippen molar-refractivity contribution in [1.82, 2.24) is 9.88 Å². The van der Waals surface area contributed by atoms with Crippen LogP contribution in [0.2, 0.25) is 0 Å². The van der Waals surface area contributed by atoms with Gasteiger partial charge in [-0.1, -0.05) is 36.4 Å². The third-order valence-electron chi connectivity index (χ3n) is 5.73. The molecule has 0 bridgehead atoms. The van der Waals surface area contributed by atoms with E-state index in [0.717, 1.165) is 22.0 Å². The average Bonchev–Trinajstić information content (AvgIpc) is 3.29. The first-order valence-electron chi connectivity index (χ1n) is 11.1. The zero-order valence-electron chi connectivity index (χ0n) is 19.2. The molecular weight excluding hydrogens is 451 g/mol. The lowest BCUT2D eigenvalue weighted by atomic mass is 10.1. The van der Waals surface area contributed by atoms with Gasteiger partial charge in [-0.2, -0.15) is 0 Å². The predicted molar refractivity (Wildman–Crippen MR) is 129 cm³/mol. The van der Waals surface area contributed by atoms with Gasteiger partial charge in [0.05, 0.1) is 7.11 Å². The van der Waals surface area contributed by atoms with Crippen LogP contribution in [-0.2, 0) is 17.8 Å². The van der Waals surface area contributed by atoms with E-state index in [2.05, 4.69) is 4.98 Å². The number of fused-ring (bicyclic) bond motifs is 1. The van der Waals surface area contributed by atoms with Gasteiger partial charge in [-0.25, -0.2) is 9.18 Å². The molecule has 4 rings (SSSR count).